The van der Waals surface area contributed by atoms with Crippen LogP contribution in [-0.4, -0.2) is 47.3 Å². The zero-order valence-electron chi connectivity index (χ0n) is 11.9. The van der Waals surface area contributed by atoms with Crippen molar-refractivity contribution in [3.63, 3.8) is 0 Å². The van der Waals surface area contributed by atoms with Crippen LogP contribution in [-0.2, 0) is 9.53 Å². The Balaban J connectivity index is 1.87. The number of carbonyl (C=O) groups is 2. The molecule has 1 aromatic carbocycles. The molecule has 0 unspecified atom stereocenters. The molecule has 0 aliphatic carbocycles. The molecule has 1 fully saturated rings. The number of amides is 2. The second-order valence-corrected chi connectivity index (χ2v) is 5.38. The lowest BCUT2D eigenvalue weighted by Gasteiger charge is -2.46. The van der Waals surface area contributed by atoms with Crippen molar-refractivity contribution in [3.05, 3.63) is 29.6 Å². The highest BCUT2D eigenvalue weighted by atomic mass is 19.1. The van der Waals surface area contributed by atoms with Crippen molar-refractivity contribution in [2.45, 2.75) is 19.4 Å². The maximum atomic E-state index is 13.0. The molecule has 0 radical (unpaired) electrons. The third kappa shape index (κ3) is 3.69. The fraction of sp³-hybridized carbons (Fsp3) is 0.429. The van der Waals surface area contributed by atoms with Crippen LogP contribution in [0.15, 0.2) is 18.2 Å². The highest BCUT2D eigenvalue weighted by Gasteiger charge is 2.42. The summed E-state index contributed by atoms with van der Waals surface area (Å²) >= 11 is 0. The molecule has 0 saturated carbocycles. The highest BCUT2D eigenvalue weighted by molar-refractivity contribution is 5.90. The maximum Gasteiger partial charge on any atom is 0.329 e. The third-order valence-corrected chi connectivity index (χ3v) is 3.31. The Morgan fingerprint density at radius 2 is 2.14 bits per heavy atom. The molecule has 0 aromatic heterocycles. The average molecular weight is 296 g/mol. The van der Waals surface area contributed by atoms with Crippen molar-refractivity contribution in [1.29, 1.82) is 0 Å². The number of urea groups is 1. The molecule has 1 aromatic rings. The predicted molar refractivity (Wildman–Crippen MR) is 73.7 cm³/mol. The summed E-state index contributed by atoms with van der Waals surface area (Å²) in [7, 11) is 0. The number of rotatable bonds is 4. The lowest BCUT2D eigenvalue weighted by Crippen LogP contribution is -2.64. The molecule has 0 spiro atoms. The van der Waals surface area contributed by atoms with Gasteiger partial charge in [-0.1, -0.05) is 0 Å². The molecular formula is C14H17FN2O4. The van der Waals surface area contributed by atoms with Gasteiger partial charge in [-0.2, -0.15) is 0 Å². The molecule has 0 atom stereocenters. The Labute approximate surface area is 121 Å². The molecule has 2 N–H and O–H groups in total. The van der Waals surface area contributed by atoms with Crippen molar-refractivity contribution in [2.24, 2.45) is 0 Å². The Morgan fingerprint density at radius 1 is 1.48 bits per heavy atom. The standard InChI is InChI=1S/C14H17FN2O4/c1-9-5-10(15)3-4-11(9)16-13(20)17-7-14(2,8-17)21-6-12(18)19/h3-5H,6-8H2,1-2H3,(H,16,20)(H,18,19). The van der Waals surface area contributed by atoms with E-state index in [1.54, 1.807) is 13.8 Å². The second-order valence-electron chi connectivity index (χ2n) is 5.38. The summed E-state index contributed by atoms with van der Waals surface area (Å²) in [5.74, 6) is -1.40. The van der Waals surface area contributed by atoms with Crippen LogP contribution in [0.3, 0.4) is 0 Å². The SMILES string of the molecule is Cc1cc(F)ccc1NC(=O)N1CC(C)(OCC(=O)O)C1. The van der Waals surface area contributed by atoms with Crippen LogP contribution in [0.5, 0.6) is 0 Å². The lowest BCUT2D eigenvalue weighted by molar-refractivity contribution is -0.159. The van der Waals surface area contributed by atoms with Crippen LogP contribution in [0.1, 0.15) is 12.5 Å². The van der Waals surface area contributed by atoms with Gasteiger partial charge in [0.25, 0.3) is 0 Å². The number of nitrogens with zero attached hydrogens (tertiary/aromatic N) is 1. The summed E-state index contributed by atoms with van der Waals surface area (Å²) in [6, 6.07) is 3.80. The Kier molecular flexibility index (Phi) is 4.13. The van der Waals surface area contributed by atoms with Crippen LogP contribution < -0.4 is 5.32 Å². The first-order valence-electron chi connectivity index (χ1n) is 6.47. The van der Waals surface area contributed by atoms with Crippen LogP contribution >= 0.6 is 0 Å². The number of carboxylic acids is 1. The van der Waals surface area contributed by atoms with Gasteiger partial charge in [0.15, 0.2) is 0 Å². The number of anilines is 1. The van der Waals surface area contributed by atoms with Gasteiger partial charge in [0.1, 0.15) is 18.0 Å². The number of likely N-dealkylation sites (tertiary alicyclic amines) is 1. The monoisotopic (exact) mass is 296 g/mol. The highest BCUT2D eigenvalue weighted by Crippen LogP contribution is 2.26. The number of carboxylic acid groups (broad SMARTS) is 1. The van der Waals surface area contributed by atoms with E-state index in [2.05, 4.69) is 5.32 Å². The number of benzene rings is 1. The fourth-order valence-electron chi connectivity index (χ4n) is 2.19. The Bertz CT molecular complexity index is 570. The van der Waals surface area contributed by atoms with E-state index in [9.17, 15) is 14.0 Å². The smallest absolute Gasteiger partial charge is 0.329 e. The number of carbonyl (C=O) groups excluding carboxylic acids is 1. The Morgan fingerprint density at radius 3 is 2.71 bits per heavy atom. The molecule has 1 aliphatic heterocycles. The lowest BCUT2D eigenvalue weighted by atomic mass is 9.97. The summed E-state index contributed by atoms with van der Waals surface area (Å²) in [4.78, 5) is 24.0. The molecule has 1 saturated heterocycles. The van der Waals surface area contributed by atoms with E-state index in [1.807, 2.05) is 0 Å². The number of halogens is 1. The molecule has 0 bridgehead atoms. The van der Waals surface area contributed by atoms with Gasteiger partial charge in [-0.05, 0) is 37.6 Å². The summed E-state index contributed by atoms with van der Waals surface area (Å²) in [6.45, 7) is 3.69. The van der Waals surface area contributed by atoms with Gasteiger partial charge >= 0.3 is 12.0 Å². The average Bonchev–Trinajstić information content (AvgIpc) is 2.36. The van der Waals surface area contributed by atoms with Gasteiger partial charge in [-0.15, -0.1) is 0 Å². The van der Waals surface area contributed by atoms with Crippen LogP contribution in [0.25, 0.3) is 0 Å². The number of hydrogen-bond donors (Lipinski definition) is 2. The maximum absolute atomic E-state index is 13.0. The van der Waals surface area contributed by atoms with Gasteiger partial charge in [0, 0.05) is 5.69 Å². The minimum Gasteiger partial charge on any atom is -0.480 e. The first-order chi connectivity index (χ1) is 9.79. The van der Waals surface area contributed by atoms with E-state index in [4.69, 9.17) is 9.84 Å². The van der Waals surface area contributed by atoms with Crippen LogP contribution in [0.2, 0.25) is 0 Å². The number of nitrogens with one attached hydrogen (secondary N) is 1. The summed E-state index contributed by atoms with van der Waals surface area (Å²) < 4.78 is 18.2. The van der Waals surface area contributed by atoms with Crippen molar-refractivity contribution in [2.75, 3.05) is 25.0 Å². The van der Waals surface area contributed by atoms with E-state index in [-0.39, 0.29) is 18.5 Å². The summed E-state index contributed by atoms with van der Waals surface area (Å²) in [6.07, 6.45) is 0. The quantitative estimate of drug-likeness (QED) is 0.888. The van der Waals surface area contributed by atoms with Crippen LogP contribution in [0.4, 0.5) is 14.9 Å². The minimum absolute atomic E-state index is 0.312. The molecule has 21 heavy (non-hydrogen) atoms. The van der Waals surface area contributed by atoms with E-state index < -0.39 is 11.6 Å². The zero-order valence-corrected chi connectivity index (χ0v) is 11.9. The normalized spacial score (nSPS) is 16.2. The number of hydrogen-bond acceptors (Lipinski definition) is 3. The molecule has 1 heterocycles. The van der Waals surface area contributed by atoms with Gasteiger partial charge < -0.3 is 20.1 Å². The molecule has 7 heteroatoms. The minimum atomic E-state index is -1.04. The number of aliphatic carboxylic acids is 1. The zero-order chi connectivity index (χ0) is 15.6. The first-order valence-corrected chi connectivity index (χ1v) is 6.47. The molecule has 2 rings (SSSR count). The molecule has 1 aliphatic rings. The van der Waals surface area contributed by atoms with Crippen molar-refractivity contribution in [3.8, 4) is 0 Å². The van der Waals surface area contributed by atoms with E-state index in [1.165, 1.54) is 23.1 Å². The summed E-state index contributed by atoms with van der Waals surface area (Å²) in [5.41, 5.74) is 0.545. The molecular weight excluding hydrogens is 279 g/mol. The predicted octanol–water partition coefficient (Wildman–Crippen LogP) is 1.84. The molecule has 114 valence electrons. The number of aryl methyl sites for hydroxylation is 1. The Hall–Kier alpha value is -2.15. The van der Waals surface area contributed by atoms with Crippen molar-refractivity contribution in [1.82, 2.24) is 4.90 Å². The van der Waals surface area contributed by atoms with Gasteiger partial charge in [-0.3, -0.25) is 0 Å². The topological polar surface area (TPSA) is 78.9 Å². The third-order valence-electron chi connectivity index (χ3n) is 3.31. The van der Waals surface area contributed by atoms with E-state index in [0.717, 1.165) is 0 Å². The number of ether oxygens (including phenoxy) is 1. The first kappa shape index (κ1) is 15.2. The van der Waals surface area contributed by atoms with Gasteiger partial charge in [-0.25, -0.2) is 14.0 Å². The fourth-order valence-corrected chi connectivity index (χ4v) is 2.19. The van der Waals surface area contributed by atoms with Gasteiger partial charge in [0.05, 0.1) is 13.1 Å². The second kappa shape index (κ2) is 5.69. The molecule has 2 amide bonds. The van der Waals surface area contributed by atoms with E-state index in [0.29, 0.717) is 24.3 Å². The van der Waals surface area contributed by atoms with Crippen LogP contribution in [0, 0.1) is 12.7 Å². The summed E-state index contributed by atoms with van der Waals surface area (Å²) in [5, 5.41) is 11.3. The van der Waals surface area contributed by atoms with Crippen molar-refractivity contribution < 1.29 is 23.8 Å². The largest absolute Gasteiger partial charge is 0.480 e. The van der Waals surface area contributed by atoms with E-state index >= 15 is 0 Å². The van der Waals surface area contributed by atoms with Gasteiger partial charge in [0.2, 0.25) is 0 Å². The van der Waals surface area contributed by atoms with Crippen molar-refractivity contribution >= 4 is 17.7 Å². The molecule has 6 nitrogen and oxygen atoms in total.